The lowest BCUT2D eigenvalue weighted by Gasteiger charge is -2.17. The maximum absolute atomic E-state index is 12.3. The van der Waals surface area contributed by atoms with E-state index in [0.29, 0.717) is 18.7 Å². The Kier molecular flexibility index (Phi) is 4.89. The van der Waals surface area contributed by atoms with Crippen molar-refractivity contribution in [2.24, 2.45) is 0 Å². The zero-order valence-corrected chi connectivity index (χ0v) is 12.1. The van der Waals surface area contributed by atoms with Crippen LogP contribution in [0.15, 0.2) is 24.3 Å². The number of thioether (sulfide) groups is 1. The fourth-order valence-electron chi connectivity index (χ4n) is 2.28. The Morgan fingerprint density at radius 3 is 2.95 bits per heavy atom. The Balaban J connectivity index is 2.03. The molecule has 108 valence electrons. The highest BCUT2D eigenvalue weighted by Gasteiger charge is 2.30. The van der Waals surface area contributed by atoms with Crippen LogP contribution in [-0.4, -0.2) is 41.6 Å². The number of hydrogen-bond acceptors (Lipinski definition) is 4. The monoisotopic (exact) mass is 294 g/mol. The number of aliphatic carboxylic acids is 1. The molecule has 1 heterocycles. The van der Waals surface area contributed by atoms with Gasteiger partial charge in [-0.25, -0.2) is 4.79 Å². The highest BCUT2D eigenvalue weighted by Crippen LogP contribution is 2.31. The highest BCUT2D eigenvalue weighted by atomic mass is 32.2. The molecule has 0 fully saturated rings. The SMILES string of the molecule is CSCC[C@@H](NC(=O)C1CNc2ccccc21)C(=O)O. The third-order valence-corrected chi connectivity index (χ3v) is 4.02. The van der Waals surface area contributed by atoms with Gasteiger partial charge in [-0.3, -0.25) is 4.79 Å². The van der Waals surface area contributed by atoms with Crippen LogP contribution in [0.3, 0.4) is 0 Å². The van der Waals surface area contributed by atoms with Gasteiger partial charge in [0.25, 0.3) is 0 Å². The average Bonchev–Trinajstić information content (AvgIpc) is 2.87. The second-order valence-corrected chi connectivity index (χ2v) is 5.69. The van der Waals surface area contributed by atoms with Crippen molar-refractivity contribution in [1.29, 1.82) is 0 Å². The predicted octanol–water partition coefficient (Wildman–Crippen LogP) is 1.52. The second-order valence-electron chi connectivity index (χ2n) is 4.70. The molecule has 1 aliphatic heterocycles. The molecule has 5 nitrogen and oxygen atoms in total. The zero-order chi connectivity index (χ0) is 14.5. The normalized spacial score (nSPS) is 17.9. The van der Waals surface area contributed by atoms with Crippen LogP contribution in [0.1, 0.15) is 17.9 Å². The molecule has 3 N–H and O–H groups in total. The number of carboxylic acids is 1. The van der Waals surface area contributed by atoms with E-state index in [2.05, 4.69) is 10.6 Å². The van der Waals surface area contributed by atoms with Crippen molar-refractivity contribution in [3.05, 3.63) is 29.8 Å². The number of carbonyl (C=O) groups excluding carboxylic acids is 1. The summed E-state index contributed by atoms with van der Waals surface area (Å²) in [5.74, 6) is -0.818. The molecule has 0 radical (unpaired) electrons. The number of amides is 1. The molecule has 0 saturated heterocycles. The minimum atomic E-state index is -0.980. The number of nitrogens with one attached hydrogen (secondary N) is 2. The van der Waals surface area contributed by atoms with Crippen LogP contribution in [0.4, 0.5) is 5.69 Å². The van der Waals surface area contributed by atoms with Crippen LogP contribution < -0.4 is 10.6 Å². The molecule has 6 heteroatoms. The fraction of sp³-hybridized carbons (Fsp3) is 0.429. The number of carbonyl (C=O) groups is 2. The standard InChI is InChI=1S/C14H18N2O3S/c1-20-7-6-12(14(18)19)16-13(17)10-8-15-11-5-3-2-4-9(10)11/h2-5,10,12,15H,6-8H2,1H3,(H,16,17)(H,18,19)/t10?,12-/m1/s1. The molecule has 20 heavy (non-hydrogen) atoms. The van der Waals surface area contributed by atoms with Gasteiger partial charge in [0.15, 0.2) is 0 Å². The van der Waals surface area contributed by atoms with Crippen LogP contribution in [0.25, 0.3) is 0 Å². The average molecular weight is 294 g/mol. The Hall–Kier alpha value is -1.69. The van der Waals surface area contributed by atoms with Gasteiger partial charge in [0.1, 0.15) is 6.04 Å². The first-order valence-electron chi connectivity index (χ1n) is 6.48. The minimum Gasteiger partial charge on any atom is -0.480 e. The first kappa shape index (κ1) is 14.7. The number of carboxylic acid groups (broad SMARTS) is 1. The summed E-state index contributed by atoms with van der Waals surface area (Å²) < 4.78 is 0. The van der Waals surface area contributed by atoms with Crippen molar-refractivity contribution in [3.63, 3.8) is 0 Å². The summed E-state index contributed by atoms with van der Waals surface area (Å²) in [7, 11) is 0. The van der Waals surface area contributed by atoms with Crippen LogP contribution >= 0.6 is 11.8 Å². The molecule has 1 aromatic rings. The van der Waals surface area contributed by atoms with Crippen molar-refractivity contribution in [2.75, 3.05) is 23.9 Å². The topological polar surface area (TPSA) is 78.4 Å². The van der Waals surface area contributed by atoms with E-state index in [0.717, 1.165) is 11.3 Å². The molecule has 0 saturated carbocycles. The van der Waals surface area contributed by atoms with Gasteiger partial charge in [-0.05, 0) is 30.1 Å². The molecule has 1 amide bonds. The lowest BCUT2D eigenvalue weighted by Crippen LogP contribution is -2.43. The first-order valence-corrected chi connectivity index (χ1v) is 7.87. The molecule has 1 aromatic carbocycles. The van der Waals surface area contributed by atoms with Crippen LogP contribution in [0.2, 0.25) is 0 Å². The van der Waals surface area contributed by atoms with E-state index in [4.69, 9.17) is 5.11 Å². The third kappa shape index (κ3) is 3.25. The maximum atomic E-state index is 12.3. The summed E-state index contributed by atoms with van der Waals surface area (Å²) in [5.41, 5.74) is 1.88. The van der Waals surface area contributed by atoms with E-state index in [1.165, 1.54) is 0 Å². The van der Waals surface area contributed by atoms with Gasteiger partial charge in [-0.1, -0.05) is 18.2 Å². The molecule has 0 aliphatic carbocycles. The molecule has 0 spiro atoms. The predicted molar refractivity (Wildman–Crippen MR) is 80.2 cm³/mol. The molecule has 1 unspecified atom stereocenters. The number of hydrogen-bond donors (Lipinski definition) is 3. The largest absolute Gasteiger partial charge is 0.480 e. The molecular formula is C14H18N2O3S. The van der Waals surface area contributed by atoms with Crippen LogP contribution in [-0.2, 0) is 9.59 Å². The zero-order valence-electron chi connectivity index (χ0n) is 11.3. The summed E-state index contributed by atoms with van der Waals surface area (Å²) in [6.07, 6.45) is 2.35. The van der Waals surface area contributed by atoms with Gasteiger partial charge < -0.3 is 15.7 Å². The summed E-state index contributed by atoms with van der Waals surface area (Å²) in [6.45, 7) is 0.514. The molecular weight excluding hydrogens is 276 g/mol. The lowest BCUT2D eigenvalue weighted by molar-refractivity contribution is -0.142. The van der Waals surface area contributed by atoms with E-state index in [1.807, 2.05) is 30.5 Å². The van der Waals surface area contributed by atoms with Crippen molar-refractivity contribution in [3.8, 4) is 0 Å². The molecule has 2 atom stereocenters. The molecule has 0 bridgehead atoms. The van der Waals surface area contributed by atoms with Crippen molar-refractivity contribution >= 4 is 29.3 Å². The van der Waals surface area contributed by atoms with Gasteiger partial charge in [0, 0.05) is 12.2 Å². The molecule has 0 aromatic heterocycles. The Labute approximate surface area is 122 Å². The van der Waals surface area contributed by atoms with Gasteiger partial charge in [-0.2, -0.15) is 11.8 Å². The van der Waals surface area contributed by atoms with E-state index < -0.39 is 12.0 Å². The lowest BCUT2D eigenvalue weighted by atomic mass is 10.00. The van der Waals surface area contributed by atoms with E-state index in [1.54, 1.807) is 11.8 Å². The maximum Gasteiger partial charge on any atom is 0.326 e. The Bertz CT molecular complexity index is 507. The number of fused-ring (bicyclic) bond motifs is 1. The van der Waals surface area contributed by atoms with Gasteiger partial charge in [0.05, 0.1) is 5.92 Å². The number of benzene rings is 1. The van der Waals surface area contributed by atoms with Crippen molar-refractivity contribution in [1.82, 2.24) is 5.32 Å². The summed E-state index contributed by atoms with van der Waals surface area (Å²) in [5, 5.41) is 15.0. The van der Waals surface area contributed by atoms with Crippen molar-refractivity contribution < 1.29 is 14.7 Å². The molecule has 1 aliphatic rings. The quantitative estimate of drug-likeness (QED) is 0.741. The Morgan fingerprint density at radius 1 is 1.50 bits per heavy atom. The van der Waals surface area contributed by atoms with Gasteiger partial charge in [-0.15, -0.1) is 0 Å². The van der Waals surface area contributed by atoms with Crippen LogP contribution in [0.5, 0.6) is 0 Å². The number of para-hydroxylation sites is 1. The fourth-order valence-corrected chi connectivity index (χ4v) is 2.75. The third-order valence-electron chi connectivity index (χ3n) is 3.37. The van der Waals surface area contributed by atoms with Gasteiger partial charge in [0.2, 0.25) is 5.91 Å². The van der Waals surface area contributed by atoms with Crippen LogP contribution in [0, 0.1) is 0 Å². The first-order chi connectivity index (χ1) is 9.63. The van der Waals surface area contributed by atoms with E-state index in [-0.39, 0.29) is 11.8 Å². The number of rotatable bonds is 6. The summed E-state index contributed by atoms with van der Waals surface area (Å²) in [6, 6.07) is 6.80. The highest BCUT2D eigenvalue weighted by molar-refractivity contribution is 7.98. The number of anilines is 1. The second kappa shape index (κ2) is 6.65. The van der Waals surface area contributed by atoms with Gasteiger partial charge >= 0.3 is 5.97 Å². The Morgan fingerprint density at radius 2 is 2.25 bits per heavy atom. The van der Waals surface area contributed by atoms with E-state index >= 15 is 0 Å². The smallest absolute Gasteiger partial charge is 0.326 e. The summed E-state index contributed by atoms with van der Waals surface area (Å²) in [4.78, 5) is 23.4. The molecule has 2 rings (SSSR count). The summed E-state index contributed by atoms with van der Waals surface area (Å²) >= 11 is 1.57. The minimum absolute atomic E-state index is 0.226. The van der Waals surface area contributed by atoms with E-state index in [9.17, 15) is 9.59 Å². The van der Waals surface area contributed by atoms with Crippen molar-refractivity contribution in [2.45, 2.75) is 18.4 Å².